The molecular formula is C15H24N2. The van der Waals surface area contributed by atoms with Crippen molar-refractivity contribution in [1.29, 1.82) is 0 Å². The van der Waals surface area contributed by atoms with Crippen molar-refractivity contribution in [3.05, 3.63) is 43.0 Å². The topological polar surface area (TPSA) is 15.3 Å². The SMILES string of the molecule is C=CCCCNCCCN(C)c1ccccc1. The molecule has 0 aliphatic heterocycles. The zero-order valence-corrected chi connectivity index (χ0v) is 10.9. The van der Waals surface area contributed by atoms with Crippen molar-refractivity contribution in [3.63, 3.8) is 0 Å². The minimum Gasteiger partial charge on any atom is -0.375 e. The number of nitrogens with one attached hydrogen (secondary N) is 1. The summed E-state index contributed by atoms with van der Waals surface area (Å²) in [5, 5.41) is 3.45. The first-order valence-corrected chi connectivity index (χ1v) is 6.42. The quantitative estimate of drug-likeness (QED) is 0.520. The molecule has 0 fully saturated rings. The van der Waals surface area contributed by atoms with Crippen molar-refractivity contribution in [2.24, 2.45) is 0 Å². The molecule has 94 valence electrons. The second kappa shape index (κ2) is 8.82. The Morgan fingerprint density at radius 1 is 1.18 bits per heavy atom. The molecule has 0 atom stereocenters. The van der Waals surface area contributed by atoms with Gasteiger partial charge in [0.25, 0.3) is 0 Å². The number of anilines is 1. The summed E-state index contributed by atoms with van der Waals surface area (Å²) in [6, 6.07) is 10.5. The molecule has 17 heavy (non-hydrogen) atoms. The average molecular weight is 232 g/mol. The van der Waals surface area contributed by atoms with Gasteiger partial charge in [0, 0.05) is 19.3 Å². The van der Waals surface area contributed by atoms with E-state index in [0.717, 1.165) is 26.1 Å². The Bertz CT molecular complexity index is 295. The van der Waals surface area contributed by atoms with Crippen LogP contribution in [0.1, 0.15) is 19.3 Å². The van der Waals surface area contributed by atoms with Gasteiger partial charge in [-0.25, -0.2) is 0 Å². The van der Waals surface area contributed by atoms with Gasteiger partial charge in [0.1, 0.15) is 0 Å². The van der Waals surface area contributed by atoms with Crippen molar-refractivity contribution in [2.75, 3.05) is 31.6 Å². The molecule has 0 aliphatic carbocycles. The molecule has 0 amide bonds. The van der Waals surface area contributed by atoms with Gasteiger partial charge in [-0.2, -0.15) is 0 Å². The summed E-state index contributed by atoms with van der Waals surface area (Å²) in [7, 11) is 2.15. The molecule has 0 saturated carbocycles. The van der Waals surface area contributed by atoms with E-state index in [0.29, 0.717) is 0 Å². The number of para-hydroxylation sites is 1. The molecular weight excluding hydrogens is 208 g/mol. The Morgan fingerprint density at radius 3 is 2.59 bits per heavy atom. The Balaban J connectivity index is 2.05. The molecule has 2 heteroatoms. The summed E-state index contributed by atoms with van der Waals surface area (Å²) in [6.45, 7) is 7.00. The highest BCUT2D eigenvalue weighted by Gasteiger charge is 1.98. The standard InChI is InChI=1S/C15H24N2/c1-3-4-8-12-16-13-9-14-17(2)15-10-6-5-7-11-15/h3,5-7,10-11,16H,1,4,8-9,12-14H2,2H3. The molecule has 1 aromatic rings. The van der Waals surface area contributed by atoms with Crippen LogP contribution >= 0.6 is 0 Å². The van der Waals surface area contributed by atoms with Gasteiger partial charge in [-0.15, -0.1) is 6.58 Å². The number of rotatable bonds is 9. The largest absolute Gasteiger partial charge is 0.375 e. The number of hydrogen-bond acceptors (Lipinski definition) is 2. The van der Waals surface area contributed by atoms with Crippen LogP contribution in [0.4, 0.5) is 5.69 Å². The molecule has 0 saturated heterocycles. The maximum atomic E-state index is 3.72. The number of unbranched alkanes of at least 4 members (excludes halogenated alkanes) is 1. The van der Waals surface area contributed by atoms with Crippen molar-refractivity contribution in [3.8, 4) is 0 Å². The monoisotopic (exact) mass is 232 g/mol. The molecule has 0 aliphatic rings. The van der Waals surface area contributed by atoms with E-state index >= 15 is 0 Å². The van der Waals surface area contributed by atoms with Crippen LogP contribution < -0.4 is 10.2 Å². The fourth-order valence-corrected chi connectivity index (χ4v) is 1.75. The summed E-state index contributed by atoms with van der Waals surface area (Å²) in [4.78, 5) is 2.30. The molecule has 0 spiro atoms. The highest BCUT2D eigenvalue weighted by Crippen LogP contribution is 2.10. The van der Waals surface area contributed by atoms with Crippen molar-refractivity contribution >= 4 is 5.69 Å². The van der Waals surface area contributed by atoms with E-state index in [-0.39, 0.29) is 0 Å². The lowest BCUT2D eigenvalue weighted by molar-refractivity contribution is 0.624. The maximum Gasteiger partial charge on any atom is 0.0363 e. The van der Waals surface area contributed by atoms with Gasteiger partial charge < -0.3 is 10.2 Å². The van der Waals surface area contributed by atoms with Crippen molar-refractivity contribution in [1.82, 2.24) is 5.32 Å². The van der Waals surface area contributed by atoms with Crippen molar-refractivity contribution < 1.29 is 0 Å². The lowest BCUT2D eigenvalue weighted by atomic mass is 10.3. The molecule has 0 radical (unpaired) electrons. The second-order valence-corrected chi connectivity index (χ2v) is 4.29. The highest BCUT2D eigenvalue weighted by atomic mass is 15.1. The zero-order chi connectivity index (χ0) is 12.3. The van der Waals surface area contributed by atoms with Crippen LogP contribution in [0.25, 0.3) is 0 Å². The molecule has 1 N–H and O–H groups in total. The Hall–Kier alpha value is -1.28. The first-order valence-electron chi connectivity index (χ1n) is 6.42. The van der Waals surface area contributed by atoms with Gasteiger partial charge in [-0.3, -0.25) is 0 Å². The zero-order valence-electron chi connectivity index (χ0n) is 10.9. The van der Waals surface area contributed by atoms with Crippen LogP contribution in [0.2, 0.25) is 0 Å². The third-order valence-corrected chi connectivity index (χ3v) is 2.81. The van der Waals surface area contributed by atoms with E-state index in [4.69, 9.17) is 0 Å². The lowest BCUT2D eigenvalue weighted by Gasteiger charge is -2.19. The lowest BCUT2D eigenvalue weighted by Crippen LogP contribution is -2.24. The van der Waals surface area contributed by atoms with Crippen LogP contribution in [0.5, 0.6) is 0 Å². The number of nitrogens with zero attached hydrogens (tertiary/aromatic N) is 1. The van der Waals surface area contributed by atoms with Gasteiger partial charge in [0.15, 0.2) is 0 Å². The average Bonchev–Trinajstić information content (AvgIpc) is 2.38. The van der Waals surface area contributed by atoms with E-state index < -0.39 is 0 Å². The minimum atomic E-state index is 1.09. The van der Waals surface area contributed by atoms with Gasteiger partial charge >= 0.3 is 0 Å². The number of allylic oxidation sites excluding steroid dienone is 1. The van der Waals surface area contributed by atoms with Crippen LogP contribution in [0.3, 0.4) is 0 Å². The fourth-order valence-electron chi connectivity index (χ4n) is 1.75. The fraction of sp³-hybridized carbons (Fsp3) is 0.467. The van der Waals surface area contributed by atoms with Crippen LogP contribution in [-0.2, 0) is 0 Å². The summed E-state index contributed by atoms with van der Waals surface area (Å²) in [5.41, 5.74) is 1.29. The Morgan fingerprint density at radius 2 is 1.88 bits per heavy atom. The normalized spacial score (nSPS) is 10.2. The van der Waals surface area contributed by atoms with Crippen molar-refractivity contribution in [2.45, 2.75) is 19.3 Å². The van der Waals surface area contributed by atoms with Crippen LogP contribution in [0, 0.1) is 0 Å². The minimum absolute atomic E-state index is 1.09. The highest BCUT2D eigenvalue weighted by molar-refractivity contribution is 5.44. The summed E-state index contributed by atoms with van der Waals surface area (Å²) < 4.78 is 0. The number of benzene rings is 1. The van der Waals surface area contributed by atoms with Gasteiger partial charge in [0.05, 0.1) is 0 Å². The molecule has 1 aromatic carbocycles. The van der Waals surface area contributed by atoms with E-state index in [1.54, 1.807) is 0 Å². The first kappa shape index (κ1) is 13.8. The molecule has 0 aromatic heterocycles. The van der Waals surface area contributed by atoms with Gasteiger partial charge in [-0.05, 0) is 44.5 Å². The Kier molecular flexibility index (Phi) is 7.15. The van der Waals surface area contributed by atoms with Gasteiger partial charge in [-0.1, -0.05) is 24.3 Å². The third kappa shape index (κ3) is 6.12. The van der Waals surface area contributed by atoms with E-state index in [2.05, 4.69) is 54.2 Å². The molecule has 0 unspecified atom stereocenters. The summed E-state index contributed by atoms with van der Waals surface area (Å²) in [5.74, 6) is 0. The Labute approximate surface area is 105 Å². The predicted molar refractivity (Wildman–Crippen MR) is 76.6 cm³/mol. The van der Waals surface area contributed by atoms with E-state index in [1.807, 2.05) is 6.08 Å². The molecule has 0 heterocycles. The van der Waals surface area contributed by atoms with E-state index in [9.17, 15) is 0 Å². The smallest absolute Gasteiger partial charge is 0.0363 e. The third-order valence-electron chi connectivity index (χ3n) is 2.81. The van der Waals surface area contributed by atoms with Crippen LogP contribution in [0.15, 0.2) is 43.0 Å². The predicted octanol–water partition coefficient (Wildman–Crippen LogP) is 3.07. The molecule has 0 bridgehead atoms. The molecule has 2 nitrogen and oxygen atoms in total. The maximum absolute atomic E-state index is 3.72. The van der Waals surface area contributed by atoms with E-state index in [1.165, 1.54) is 18.5 Å². The summed E-state index contributed by atoms with van der Waals surface area (Å²) >= 11 is 0. The number of hydrogen-bond donors (Lipinski definition) is 1. The van der Waals surface area contributed by atoms with Gasteiger partial charge in [0.2, 0.25) is 0 Å². The van der Waals surface area contributed by atoms with Crippen LogP contribution in [-0.4, -0.2) is 26.7 Å². The summed E-state index contributed by atoms with van der Waals surface area (Å²) in [6.07, 6.45) is 5.46. The first-order chi connectivity index (χ1) is 8.34. The molecule has 1 rings (SSSR count). The second-order valence-electron chi connectivity index (χ2n) is 4.29.